The molecule has 0 heterocycles. The smallest absolute Gasteiger partial charge is 0.408 e. The Kier molecular flexibility index (Phi) is 8.45. The van der Waals surface area contributed by atoms with Gasteiger partial charge in [0.15, 0.2) is 0 Å². The highest BCUT2D eigenvalue weighted by atomic mass is 16.6. The molecule has 3 amide bonds. The lowest BCUT2D eigenvalue weighted by Crippen LogP contribution is -2.49. The van der Waals surface area contributed by atoms with E-state index in [4.69, 9.17) is 4.74 Å². The van der Waals surface area contributed by atoms with E-state index in [9.17, 15) is 19.5 Å². The van der Waals surface area contributed by atoms with Crippen LogP contribution in [0.1, 0.15) is 51.8 Å². The molecular formula is C25H33N3O5. The number of aryl methyl sites for hydroxylation is 1. The Morgan fingerprint density at radius 1 is 1.06 bits per heavy atom. The van der Waals surface area contributed by atoms with E-state index in [0.29, 0.717) is 11.3 Å². The predicted molar refractivity (Wildman–Crippen MR) is 127 cm³/mol. The van der Waals surface area contributed by atoms with Gasteiger partial charge < -0.3 is 25.4 Å². The standard InChI is InChI=1S/C25H33N3O5/c1-16(2)28(21(30)15-26-24(32)33-25(4,5)6)22(18-11-9-12-19(29)14-18)23(31)27-20-13-8-7-10-17(20)3/h7-14,16,22,29H,15H2,1-6H3,(H,26,32)(H,27,31). The first-order valence-electron chi connectivity index (χ1n) is 10.8. The number of hydrogen-bond donors (Lipinski definition) is 3. The molecule has 0 aliphatic rings. The lowest BCUT2D eigenvalue weighted by Gasteiger charge is -2.35. The van der Waals surface area contributed by atoms with Gasteiger partial charge in [-0.2, -0.15) is 0 Å². The molecular weight excluding hydrogens is 422 g/mol. The van der Waals surface area contributed by atoms with Crippen molar-refractivity contribution in [2.75, 3.05) is 11.9 Å². The molecule has 178 valence electrons. The normalized spacial score (nSPS) is 12.1. The first-order valence-corrected chi connectivity index (χ1v) is 10.8. The van der Waals surface area contributed by atoms with Gasteiger partial charge in [0.05, 0.1) is 0 Å². The number of carbonyl (C=O) groups excluding carboxylic acids is 3. The largest absolute Gasteiger partial charge is 0.508 e. The highest BCUT2D eigenvalue weighted by Crippen LogP contribution is 2.28. The van der Waals surface area contributed by atoms with Crippen LogP contribution in [0.4, 0.5) is 10.5 Å². The first kappa shape index (κ1) is 25.7. The fourth-order valence-electron chi connectivity index (χ4n) is 3.33. The fraction of sp³-hybridized carbons (Fsp3) is 0.400. The maximum Gasteiger partial charge on any atom is 0.408 e. The molecule has 0 fully saturated rings. The van der Waals surface area contributed by atoms with E-state index in [-0.39, 0.29) is 18.3 Å². The third kappa shape index (κ3) is 7.52. The van der Waals surface area contributed by atoms with E-state index in [1.807, 2.05) is 25.1 Å². The molecule has 0 aliphatic heterocycles. The summed E-state index contributed by atoms with van der Waals surface area (Å²) in [5.41, 5.74) is 1.23. The topological polar surface area (TPSA) is 108 Å². The molecule has 0 aromatic heterocycles. The number of alkyl carbamates (subject to hydrolysis) is 1. The van der Waals surface area contributed by atoms with Crippen molar-refractivity contribution in [3.63, 3.8) is 0 Å². The van der Waals surface area contributed by atoms with Crippen LogP contribution in [0.5, 0.6) is 5.75 Å². The van der Waals surface area contributed by atoms with Crippen LogP contribution in [-0.4, -0.2) is 46.1 Å². The molecule has 8 heteroatoms. The van der Waals surface area contributed by atoms with Gasteiger partial charge in [0.1, 0.15) is 23.9 Å². The van der Waals surface area contributed by atoms with Crippen molar-refractivity contribution >= 4 is 23.6 Å². The molecule has 2 rings (SSSR count). The van der Waals surface area contributed by atoms with Gasteiger partial charge in [-0.3, -0.25) is 9.59 Å². The molecule has 0 saturated heterocycles. The van der Waals surface area contributed by atoms with Crippen molar-refractivity contribution in [1.82, 2.24) is 10.2 Å². The van der Waals surface area contributed by atoms with Crippen LogP contribution in [-0.2, 0) is 14.3 Å². The highest BCUT2D eigenvalue weighted by molar-refractivity contribution is 5.99. The Balaban J connectivity index is 2.35. The molecule has 2 aromatic carbocycles. The lowest BCUT2D eigenvalue weighted by atomic mass is 10.0. The summed E-state index contributed by atoms with van der Waals surface area (Å²) in [6.45, 7) is 10.3. The number of nitrogens with zero attached hydrogens (tertiary/aromatic N) is 1. The Morgan fingerprint density at radius 3 is 2.30 bits per heavy atom. The second-order valence-corrected chi connectivity index (χ2v) is 9.05. The average Bonchev–Trinajstić information content (AvgIpc) is 2.70. The summed E-state index contributed by atoms with van der Waals surface area (Å²) in [6, 6.07) is 12.1. The second-order valence-electron chi connectivity index (χ2n) is 9.05. The zero-order valence-corrected chi connectivity index (χ0v) is 20.0. The third-order valence-corrected chi connectivity index (χ3v) is 4.74. The molecule has 0 spiro atoms. The van der Waals surface area contributed by atoms with Gasteiger partial charge in [0, 0.05) is 11.7 Å². The summed E-state index contributed by atoms with van der Waals surface area (Å²) in [5, 5.41) is 15.4. The van der Waals surface area contributed by atoms with Gasteiger partial charge in [0.2, 0.25) is 5.91 Å². The van der Waals surface area contributed by atoms with Crippen LogP contribution in [0.25, 0.3) is 0 Å². The van der Waals surface area contributed by atoms with E-state index in [1.165, 1.54) is 17.0 Å². The zero-order chi connectivity index (χ0) is 24.8. The van der Waals surface area contributed by atoms with Gasteiger partial charge in [0.25, 0.3) is 5.91 Å². The average molecular weight is 456 g/mol. The molecule has 33 heavy (non-hydrogen) atoms. The number of phenolic OH excluding ortho intramolecular Hbond substituents is 1. The number of para-hydroxylation sites is 1. The van der Waals surface area contributed by atoms with Crippen molar-refractivity contribution in [2.45, 2.75) is 59.2 Å². The van der Waals surface area contributed by atoms with E-state index in [2.05, 4.69) is 10.6 Å². The van der Waals surface area contributed by atoms with Crippen LogP contribution < -0.4 is 10.6 Å². The van der Waals surface area contributed by atoms with E-state index >= 15 is 0 Å². The van der Waals surface area contributed by atoms with Crippen molar-refractivity contribution in [3.05, 3.63) is 59.7 Å². The van der Waals surface area contributed by atoms with Crippen molar-refractivity contribution in [3.8, 4) is 5.75 Å². The summed E-state index contributed by atoms with van der Waals surface area (Å²) in [4.78, 5) is 40.1. The Hall–Kier alpha value is -3.55. The number of hydrogen-bond acceptors (Lipinski definition) is 5. The number of ether oxygens (including phenoxy) is 1. The second kappa shape index (κ2) is 10.8. The summed E-state index contributed by atoms with van der Waals surface area (Å²) in [5.74, 6) is -0.928. The third-order valence-electron chi connectivity index (χ3n) is 4.74. The van der Waals surface area contributed by atoms with Crippen molar-refractivity contribution in [2.24, 2.45) is 0 Å². The van der Waals surface area contributed by atoms with Gasteiger partial charge in [-0.25, -0.2) is 4.79 Å². The number of rotatable bonds is 7. The van der Waals surface area contributed by atoms with Crippen LogP contribution in [0.2, 0.25) is 0 Å². The van der Waals surface area contributed by atoms with Gasteiger partial charge in [-0.1, -0.05) is 30.3 Å². The molecule has 0 saturated carbocycles. The molecule has 3 N–H and O–H groups in total. The molecule has 2 aromatic rings. The number of benzene rings is 2. The Bertz CT molecular complexity index is 998. The minimum absolute atomic E-state index is 0.0239. The minimum atomic E-state index is -1.04. The fourth-order valence-corrected chi connectivity index (χ4v) is 3.33. The van der Waals surface area contributed by atoms with Crippen LogP contribution in [0.3, 0.4) is 0 Å². The molecule has 8 nitrogen and oxygen atoms in total. The minimum Gasteiger partial charge on any atom is -0.508 e. The van der Waals surface area contributed by atoms with E-state index in [1.54, 1.807) is 52.8 Å². The van der Waals surface area contributed by atoms with E-state index < -0.39 is 29.6 Å². The molecule has 0 aliphatic carbocycles. The highest BCUT2D eigenvalue weighted by Gasteiger charge is 2.34. The zero-order valence-electron chi connectivity index (χ0n) is 20.0. The summed E-state index contributed by atoms with van der Waals surface area (Å²) < 4.78 is 5.20. The van der Waals surface area contributed by atoms with Crippen LogP contribution in [0.15, 0.2) is 48.5 Å². The number of amides is 3. The van der Waals surface area contributed by atoms with Gasteiger partial charge >= 0.3 is 6.09 Å². The van der Waals surface area contributed by atoms with Gasteiger partial charge in [-0.05, 0) is 70.9 Å². The number of phenols is 1. The molecule has 0 bridgehead atoms. The predicted octanol–water partition coefficient (Wildman–Crippen LogP) is 4.14. The number of aromatic hydroxyl groups is 1. The number of nitrogens with one attached hydrogen (secondary N) is 2. The Labute approximate surface area is 194 Å². The van der Waals surface area contributed by atoms with Crippen molar-refractivity contribution in [1.29, 1.82) is 0 Å². The Morgan fingerprint density at radius 2 is 1.73 bits per heavy atom. The van der Waals surface area contributed by atoms with Crippen molar-refractivity contribution < 1.29 is 24.2 Å². The number of carbonyl (C=O) groups is 3. The molecule has 0 radical (unpaired) electrons. The lowest BCUT2D eigenvalue weighted by molar-refractivity contribution is -0.140. The number of anilines is 1. The maximum absolute atomic E-state index is 13.5. The monoisotopic (exact) mass is 455 g/mol. The summed E-state index contributed by atoms with van der Waals surface area (Å²) in [7, 11) is 0. The molecule has 1 unspecified atom stereocenters. The van der Waals surface area contributed by atoms with Gasteiger partial charge in [-0.15, -0.1) is 0 Å². The SMILES string of the molecule is Cc1ccccc1NC(=O)C(c1cccc(O)c1)N(C(=O)CNC(=O)OC(C)(C)C)C(C)C. The molecule has 1 atom stereocenters. The maximum atomic E-state index is 13.5. The summed E-state index contributed by atoms with van der Waals surface area (Å²) in [6.07, 6.45) is -0.724. The van der Waals surface area contributed by atoms with E-state index in [0.717, 1.165) is 5.56 Å². The quantitative estimate of drug-likeness (QED) is 0.581. The van der Waals surface area contributed by atoms with Crippen LogP contribution >= 0.6 is 0 Å². The summed E-state index contributed by atoms with van der Waals surface area (Å²) >= 11 is 0. The first-order chi connectivity index (χ1) is 15.4. The van der Waals surface area contributed by atoms with Crippen LogP contribution in [0, 0.1) is 6.92 Å².